The lowest BCUT2D eigenvalue weighted by Gasteiger charge is -2.11. The molecule has 0 unspecified atom stereocenters. The summed E-state index contributed by atoms with van der Waals surface area (Å²) in [6, 6.07) is 16.1. The molecule has 30 heavy (non-hydrogen) atoms. The second-order valence-electron chi connectivity index (χ2n) is 7.59. The molecule has 0 aliphatic heterocycles. The van der Waals surface area contributed by atoms with E-state index in [-0.39, 0.29) is 21.3 Å². The number of hydrogen-bond donors (Lipinski definition) is 0. The van der Waals surface area contributed by atoms with Crippen LogP contribution in [0.25, 0.3) is 21.8 Å². The highest BCUT2D eigenvalue weighted by Crippen LogP contribution is 2.33. The van der Waals surface area contributed by atoms with Crippen molar-refractivity contribution in [2.45, 2.75) is 23.3 Å². The second kappa shape index (κ2) is 7.66. The fourth-order valence-corrected chi connectivity index (χ4v) is 5.21. The lowest BCUT2D eigenvalue weighted by molar-refractivity contribution is 0.101. The minimum Gasteiger partial charge on any atom is -0.344 e. The molecule has 2 heterocycles. The van der Waals surface area contributed by atoms with E-state index >= 15 is 0 Å². The van der Waals surface area contributed by atoms with Crippen molar-refractivity contribution in [3.8, 4) is 0 Å². The van der Waals surface area contributed by atoms with E-state index in [1.54, 1.807) is 30.5 Å². The summed E-state index contributed by atoms with van der Waals surface area (Å²) in [5.41, 5.74) is 1.28. The first-order valence-electron chi connectivity index (χ1n) is 9.67. The number of likely N-dealkylation sites (N-methyl/N-ethyl adjacent to an activating group) is 1. The number of aromatic nitrogens is 2. The van der Waals surface area contributed by atoms with Gasteiger partial charge in [0.05, 0.1) is 10.4 Å². The van der Waals surface area contributed by atoms with E-state index in [4.69, 9.17) is 0 Å². The van der Waals surface area contributed by atoms with Gasteiger partial charge in [-0.2, -0.15) is 0 Å². The molecule has 0 aliphatic rings. The van der Waals surface area contributed by atoms with Crippen LogP contribution in [0.1, 0.15) is 17.4 Å². The quantitative estimate of drug-likeness (QED) is 0.443. The highest BCUT2D eigenvalue weighted by Gasteiger charge is 2.26. The molecule has 2 aromatic carbocycles. The van der Waals surface area contributed by atoms with Crippen molar-refractivity contribution in [2.75, 3.05) is 20.6 Å². The van der Waals surface area contributed by atoms with Gasteiger partial charge < -0.3 is 9.47 Å². The van der Waals surface area contributed by atoms with E-state index < -0.39 is 9.84 Å². The standard InChI is InChI=1S/C23H23N3O3S/c1-16(27)19-11-12-20-23(24-19)22(15-26(20)14-13-25(2)3)30(28,29)21-10-6-8-17-7-4-5-9-18(17)21/h4-12,15H,13-14H2,1-3H3. The molecule has 0 spiro atoms. The molecule has 6 nitrogen and oxygen atoms in total. The summed E-state index contributed by atoms with van der Waals surface area (Å²) in [7, 11) is 0.0671. The number of benzene rings is 2. The molecule has 154 valence electrons. The average molecular weight is 422 g/mol. The molecule has 0 atom stereocenters. The molecule has 0 amide bonds. The van der Waals surface area contributed by atoms with Crippen LogP contribution in [-0.4, -0.2) is 49.3 Å². The summed E-state index contributed by atoms with van der Waals surface area (Å²) in [5.74, 6) is -0.202. The van der Waals surface area contributed by atoms with Gasteiger partial charge in [-0.05, 0) is 37.7 Å². The first-order valence-corrected chi connectivity index (χ1v) is 11.2. The third-order valence-corrected chi connectivity index (χ3v) is 6.98. The molecule has 0 radical (unpaired) electrons. The molecule has 0 saturated heterocycles. The van der Waals surface area contributed by atoms with Crippen LogP contribution in [0.15, 0.2) is 70.6 Å². The van der Waals surface area contributed by atoms with E-state index in [0.717, 1.165) is 11.9 Å². The number of sulfone groups is 1. The zero-order chi connectivity index (χ0) is 21.5. The lowest BCUT2D eigenvalue weighted by Crippen LogP contribution is -2.18. The molecule has 0 fully saturated rings. The molecule has 4 aromatic rings. The molecule has 4 rings (SSSR count). The van der Waals surface area contributed by atoms with Crippen molar-refractivity contribution < 1.29 is 13.2 Å². The van der Waals surface area contributed by atoms with E-state index in [0.29, 0.717) is 23.0 Å². The summed E-state index contributed by atoms with van der Waals surface area (Å²) >= 11 is 0. The maximum atomic E-state index is 13.7. The second-order valence-corrected chi connectivity index (χ2v) is 9.48. The van der Waals surface area contributed by atoms with Crippen molar-refractivity contribution >= 4 is 37.4 Å². The van der Waals surface area contributed by atoms with Crippen molar-refractivity contribution in [1.29, 1.82) is 0 Å². The van der Waals surface area contributed by atoms with Crippen LogP contribution in [0.5, 0.6) is 0 Å². The van der Waals surface area contributed by atoms with Gasteiger partial charge in [0.2, 0.25) is 9.84 Å². The van der Waals surface area contributed by atoms with Crippen LogP contribution in [0.2, 0.25) is 0 Å². The van der Waals surface area contributed by atoms with Gasteiger partial charge >= 0.3 is 0 Å². The number of fused-ring (bicyclic) bond motifs is 2. The minimum atomic E-state index is -3.86. The number of Topliss-reactive ketones (excluding diaryl/α,β-unsaturated/α-hetero) is 1. The molecule has 7 heteroatoms. The molecule has 0 aliphatic carbocycles. The third kappa shape index (κ3) is 3.51. The number of hydrogen-bond acceptors (Lipinski definition) is 5. The maximum Gasteiger partial charge on any atom is 0.210 e. The van der Waals surface area contributed by atoms with Gasteiger partial charge in [0.25, 0.3) is 0 Å². The number of carbonyl (C=O) groups is 1. The van der Waals surface area contributed by atoms with E-state index in [1.165, 1.54) is 6.92 Å². The third-order valence-electron chi connectivity index (χ3n) is 5.17. The van der Waals surface area contributed by atoms with E-state index in [2.05, 4.69) is 4.98 Å². The first-order chi connectivity index (χ1) is 14.3. The zero-order valence-electron chi connectivity index (χ0n) is 17.2. The fourth-order valence-electron chi connectivity index (χ4n) is 3.57. The first kappa shape index (κ1) is 20.3. The minimum absolute atomic E-state index is 0.121. The molecule has 0 bridgehead atoms. The fraction of sp³-hybridized carbons (Fsp3) is 0.217. The zero-order valence-corrected chi connectivity index (χ0v) is 18.0. The Kier molecular flexibility index (Phi) is 5.17. The largest absolute Gasteiger partial charge is 0.344 e. The Morgan fingerprint density at radius 2 is 1.73 bits per heavy atom. The molecule has 2 aromatic heterocycles. The van der Waals surface area contributed by atoms with Gasteiger partial charge in [-0.1, -0.05) is 36.4 Å². The van der Waals surface area contributed by atoms with Crippen LogP contribution < -0.4 is 0 Å². The van der Waals surface area contributed by atoms with Crippen LogP contribution in [0, 0.1) is 0 Å². The predicted molar refractivity (Wildman–Crippen MR) is 118 cm³/mol. The summed E-state index contributed by atoms with van der Waals surface area (Å²) in [5, 5.41) is 1.52. The van der Waals surface area contributed by atoms with Crippen LogP contribution >= 0.6 is 0 Å². The van der Waals surface area contributed by atoms with Crippen LogP contribution in [-0.2, 0) is 16.4 Å². The average Bonchev–Trinajstić information content (AvgIpc) is 3.10. The Labute approximate surface area is 175 Å². The van der Waals surface area contributed by atoms with E-state index in [9.17, 15) is 13.2 Å². The maximum absolute atomic E-state index is 13.7. The Balaban J connectivity index is 1.98. The molecule has 0 N–H and O–H groups in total. The van der Waals surface area contributed by atoms with Crippen molar-refractivity contribution in [3.05, 3.63) is 66.5 Å². The summed E-state index contributed by atoms with van der Waals surface area (Å²) in [6.45, 7) is 2.78. The smallest absolute Gasteiger partial charge is 0.210 e. The molecular formula is C23H23N3O3S. The molecule has 0 saturated carbocycles. The van der Waals surface area contributed by atoms with Crippen molar-refractivity contribution in [3.63, 3.8) is 0 Å². The number of nitrogens with zero attached hydrogens (tertiary/aromatic N) is 3. The highest BCUT2D eigenvalue weighted by atomic mass is 32.2. The van der Waals surface area contributed by atoms with Crippen molar-refractivity contribution in [2.24, 2.45) is 0 Å². The van der Waals surface area contributed by atoms with E-state index in [1.807, 2.05) is 53.9 Å². The predicted octanol–water partition coefficient (Wildman–Crippen LogP) is 3.79. The topological polar surface area (TPSA) is 72.3 Å². The van der Waals surface area contributed by atoms with Gasteiger partial charge in [-0.15, -0.1) is 0 Å². The van der Waals surface area contributed by atoms with Crippen molar-refractivity contribution in [1.82, 2.24) is 14.5 Å². The Morgan fingerprint density at radius 1 is 1.00 bits per heavy atom. The highest BCUT2D eigenvalue weighted by molar-refractivity contribution is 7.92. The van der Waals surface area contributed by atoms with Gasteiger partial charge in [-0.3, -0.25) is 4.79 Å². The van der Waals surface area contributed by atoms with Crippen LogP contribution in [0.3, 0.4) is 0 Å². The van der Waals surface area contributed by atoms with Gasteiger partial charge in [0.15, 0.2) is 5.78 Å². The monoisotopic (exact) mass is 421 g/mol. The Hall–Kier alpha value is -3.03. The Morgan fingerprint density at radius 3 is 2.47 bits per heavy atom. The lowest BCUT2D eigenvalue weighted by atomic mass is 10.1. The van der Waals surface area contributed by atoms with Crippen LogP contribution in [0.4, 0.5) is 0 Å². The number of ketones is 1. The van der Waals surface area contributed by atoms with Gasteiger partial charge in [0.1, 0.15) is 16.1 Å². The van der Waals surface area contributed by atoms with Gasteiger partial charge in [-0.25, -0.2) is 13.4 Å². The summed E-state index contributed by atoms with van der Waals surface area (Å²) in [4.78, 5) is 18.7. The normalized spacial score (nSPS) is 12.1. The Bertz CT molecular complexity index is 1370. The molecular weight excluding hydrogens is 398 g/mol. The summed E-state index contributed by atoms with van der Waals surface area (Å²) < 4.78 is 29.4. The summed E-state index contributed by atoms with van der Waals surface area (Å²) in [6.07, 6.45) is 1.64. The number of pyridine rings is 1. The SMILES string of the molecule is CC(=O)c1ccc2c(n1)c(S(=O)(=O)c1cccc3ccccc13)cn2CCN(C)C. The number of rotatable bonds is 6. The van der Waals surface area contributed by atoms with Gasteiger partial charge in [0, 0.05) is 31.6 Å². The number of carbonyl (C=O) groups excluding carboxylic acids is 1.